The third-order valence-corrected chi connectivity index (χ3v) is 5.87. The van der Waals surface area contributed by atoms with Crippen LogP contribution in [-0.2, 0) is 27.0 Å². The summed E-state index contributed by atoms with van der Waals surface area (Å²) in [5.74, 6) is -0.830. The Kier molecular flexibility index (Phi) is 8.73. The van der Waals surface area contributed by atoms with E-state index in [1.54, 1.807) is 37.3 Å². The van der Waals surface area contributed by atoms with Crippen LogP contribution in [0.25, 0.3) is 0 Å². The number of carboxylic acid groups (broad SMARTS) is 1. The highest BCUT2D eigenvalue weighted by Crippen LogP contribution is 2.46. The molecule has 0 aliphatic carbocycles. The van der Waals surface area contributed by atoms with Gasteiger partial charge in [0.25, 0.3) is 0 Å². The monoisotopic (exact) mass is 466 g/mol. The van der Waals surface area contributed by atoms with Crippen molar-refractivity contribution >= 4 is 19.8 Å². The van der Waals surface area contributed by atoms with Gasteiger partial charge in [0.2, 0.25) is 0 Å². The van der Waals surface area contributed by atoms with Gasteiger partial charge >= 0.3 is 19.8 Å². The van der Waals surface area contributed by atoms with E-state index >= 15 is 0 Å². The number of aliphatic carboxylic acids is 1. The van der Waals surface area contributed by atoms with Crippen LogP contribution in [0.5, 0.6) is 11.5 Å². The number of nitrogens with one attached hydrogen (secondary N) is 1. The number of amides is 1. The molecule has 0 fully saturated rings. The van der Waals surface area contributed by atoms with Crippen molar-refractivity contribution in [3.8, 4) is 11.5 Å². The van der Waals surface area contributed by atoms with Crippen LogP contribution in [0.1, 0.15) is 23.7 Å². The first kappa shape index (κ1) is 25.3. The molecule has 0 spiro atoms. The maximum atomic E-state index is 13.3. The van der Waals surface area contributed by atoms with Crippen LogP contribution < -0.4 is 20.1 Å². The Balaban J connectivity index is 2.32. The fourth-order valence-corrected chi connectivity index (χ4v) is 3.97. The molecule has 0 aliphatic heterocycles. The predicted octanol–water partition coefficient (Wildman–Crippen LogP) is 2.68. The van der Waals surface area contributed by atoms with Crippen LogP contribution in [0, 0.1) is 6.92 Å². The first-order valence-corrected chi connectivity index (χ1v) is 11.2. The van der Waals surface area contributed by atoms with E-state index in [2.05, 4.69) is 10.1 Å². The average Bonchev–Trinajstić information content (AvgIpc) is 2.74. The standard InChI is InChI=1S/C20H27N4O7P/c1-13-18(30-20(27)24(3)4)17(10-21)15(11-22-13)12-29-32(28,23-14(2)19(25)26)31-16-8-6-5-7-9-16/h5-9,11,14H,10,12,21H2,1-4H3,(H,23,28)(H,25,26). The molecule has 0 saturated heterocycles. The van der Waals surface area contributed by atoms with E-state index in [1.807, 2.05) is 0 Å². The maximum Gasteiger partial charge on any atom is 0.459 e. The summed E-state index contributed by atoms with van der Waals surface area (Å²) >= 11 is 0. The van der Waals surface area contributed by atoms with Crippen molar-refractivity contribution in [2.45, 2.75) is 33.0 Å². The van der Waals surface area contributed by atoms with Gasteiger partial charge in [-0.05, 0) is 26.0 Å². The van der Waals surface area contributed by atoms with Crippen molar-refractivity contribution in [1.82, 2.24) is 15.0 Å². The summed E-state index contributed by atoms with van der Waals surface area (Å²) in [5, 5.41) is 11.6. The predicted molar refractivity (Wildman–Crippen MR) is 116 cm³/mol. The number of nitrogens with two attached hydrogens (primary N) is 1. The second kappa shape index (κ2) is 11.1. The van der Waals surface area contributed by atoms with Crippen LogP contribution >= 0.6 is 7.75 Å². The van der Waals surface area contributed by atoms with Crippen molar-refractivity contribution < 1.29 is 33.0 Å². The van der Waals surface area contributed by atoms with Gasteiger partial charge in [0.05, 0.1) is 12.3 Å². The molecule has 12 heteroatoms. The number of carboxylic acids is 1. The Morgan fingerprint density at radius 2 is 1.94 bits per heavy atom. The quantitative estimate of drug-likeness (QED) is 0.445. The molecular formula is C20H27N4O7P. The number of carbonyl (C=O) groups is 2. The SMILES string of the molecule is Cc1ncc(COP(=O)(NC(C)C(=O)O)Oc2ccccc2)c(CN)c1OC(=O)N(C)C. The second-order valence-electron chi connectivity index (χ2n) is 7.01. The highest BCUT2D eigenvalue weighted by Gasteiger charge is 2.32. The summed E-state index contributed by atoms with van der Waals surface area (Å²) in [4.78, 5) is 28.7. The zero-order valence-electron chi connectivity index (χ0n) is 18.3. The number of hydrogen-bond donors (Lipinski definition) is 3. The molecule has 2 atom stereocenters. The third-order valence-electron chi connectivity index (χ3n) is 4.24. The van der Waals surface area contributed by atoms with E-state index in [9.17, 15) is 19.3 Å². The lowest BCUT2D eigenvalue weighted by Crippen LogP contribution is -2.33. The van der Waals surface area contributed by atoms with Gasteiger partial charge in [-0.3, -0.25) is 14.3 Å². The summed E-state index contributed by atoms with van der Waals surface area (Å²) in [5.41, 5.74) is 7.15. The summed E-state index contributed by atoms with van der Waals surface area (Å²) in [7, 11) is -1.06. The molecule has 0 bridgehead atoms. The Labute approximate surface area is 186 Å². The highest BCUT2D eigenvalue weighted by atomic mass is 31.2. The molecule has 1 amide bonds. The van der Waals surface area contributed by atoms with Crippen molar-refractivity contribution in [3.63, 3.8) is 0 Å². The van der Waals surface area contributed by atoms with Gasteiger partial charge in [-0.25, -0.2) is 9.36 Å². The van der Waals surface area contributed by atoms with Gasteiger partial charge in [0.15, 0.2) is 5.75 Å². The van der Waals surface area contributed by atoms with Crippen LogP contribution in [0.4, 0.5) is 4.79 Å². The maximum absolute atomic E-state index is 13.3. The first-order chi connectivity index (χ1) is 15.1. The van der Waals surface area contributed by atoms with Gasteiger partial charge in [-0.2, -0.15) is 5.09 Å². The minimum Gasteiger partial charge on any atom is -0.480 e. The van der Waals surface area contributed by atoms with Gasteiger partial charge in [0, 0.05) is 38.0 Å². The fourth-order valence-electron chi connectivity index (χ4n) is 2.49. The first-order valence-electron chi connectivity index (χ1n) is 9.62. The van der Waals surface area contributed by atoms with Crippen LogP contribution in [0.3, 0.4) is 0 Å². The van der Waals surface area contributed by atoms with E-state index in [1.165, 1.54) is 32.1 Å². The number of para-hydroxylation sites is 1. The van der Waals surface area contributed by atoms with Gasteiger partial charge in [0.1, 0.15) is 11.8 Å². The highest BCUT2D eigenvalue weighted by molar-refractivity contribution is 7.52. The van der Waals surface area contributed by atoms with E-state index in [-0.39, 0.29) is 24.7 Å². The smallest absolute Gasteiger partial charge is 0.459 e. The molecule has 1 aromatic heterocycles. The lowest BCUT2D eigenvalue weighted by atomic mass is 10.1. The molecule has 0 aliphatic rings. The minimum atomic E-state index is -4.13. The van der Waals surface area contributed by atoms with E-state index in [4.69, 9.17) is 19.5 Å². The molecular weight excluding hydrogens is 439 g/mol. The molecule has 4 N–H and O–H groups in total. The van der Waals surface area contributed by atoms with Crippen molar-refractivity contribution in [2.75, 3.05) is 14.1 Å². The number of pyridine rings is 1. The fraction of sp³-hybridized carbons (Fsp3) is 0.350. The molecule has 11 nitrogen and oxygen atoms in total. The van der Waals surface area contributed by atoms with E-state index in [0.29, 0.717) is 16.8 Å². The molecule has 2 aromatic rings. The molecule has 0 radical (unpaired) electrons. The molecule has 2 rings (SSSR count). The van der Waals surface area contributed by atoms with Crippen LogP contribution in [-0.4, -0.2) is 47.2 Å². The van der Waals surface area contributed by atoms with Crippen molar-refractivity contribution in [2.24, 2.45) is 5.73 Å². The largest absolute Gasteiger partial charge is 0.480 e. The Morgan fingerprint density at radius 3 is 2.50 bits per heavy atom. The molecule has 0 saturated carbocycles. The molecule has 2 unspecified atom stereocenters. The number of rotatable bonds is 10. The molecule has 1 heterocycles. The van der Waals surface area contributed by atoms with Gasteiger partial charge < -0.3 is 25.0 Å². The van der Waals surface area contributed by atoms with Crippen molar-refractivity contribution in [3.05, 3.63) is 53.3 Å². The Morgan fingerprint density at radius 1 is 1.28 bits per heavy atom. The second-order valence-corrected chi connectivity index (χ2v) is 8.70. The lowest BCUT2D eigenvalue weighted by molar-refractivity contribution is -0.138. The normalized spacial score (nSPS) is 13.7. The number of nitrogens with zero attached hydrogens (tertiary/aromatic N) is 2. The number of aromatic nitrogens is 1. The topological polar surface area (TPSA) is 153 Å². The number of ether oxygens (including phenoxy) is 1. The Hall–Kier alpha value is -2.98. The van der Waals surface area contributed by atoms with Gasteiger partial charge in [-0.15, -0.1) is 0 Å². The molecule has 32 heavy (non-hydrogen) atoms. The Bertz CT molecular complexity index is 1000. The lowest BCUT2D eigenvalue weighted by Gasteiger charge is -2.23. The van der Waals surface area contributed by atoms with Crippen molar-refractivity contribution in [1.29, 1.82) is 0 Å². The summed E-state index contributed by atoms with van der Waals surface area (Å²) in [6, 6.07) is 6.98. The third kappa shape index (κ3) is 6.76. The average molecular weight is 466 g/mol. The van der Waals surface area contributed by atoms with Gasteiger partial charge in [-0.1, -0.05) is 18.2 Å². The van der Waals surface area contributed by atoms with Crippen LogP contribution in [0.2, 0.25) is 0 Å². The molecule has 174 valence electrons. The summed E-state index contributed by atoms with van der Waals surface area (Å²) < 4.78 is 29.7. The summed E-state index contributed by atoms with van der Waals surface area (Å²) in [6.07, 6.45) is 0.843. The van der Waals surface area contributed by atoms with E-state index < -0.39 is 25.9 Å². The number of aryl methyl sites for hydroxylation is 1. The van der Waals surface area contributed by atoms with Crippen LogP contribution in [0.15, 0.2) is 36.5 Å². The number of carbonyl (C=O) groups excluding carboxylic acids is 1. The number of benzene rings is 1. The molecule has 1 aromatic carbocycles. The minimum absolute atomic E-state index is 0.0130. The zero-order valence-corrected chi connectivity index (χ0v) is 19.2. The zero-order chi connectivity index (χ0) is 23.9. The summed E-state index contributed by atoms with van der Waals surface area (Å²) in [6.45, 7) is 2.66. The number of hydrogen-bond acceptors (Lipinski definition) is 8. The van der Waals surface area contributed by atoms with E-state index in [0.717, 1.165) is 0 Å².